The Labute approximate surface area is 129 Å². The minimum atomic E-state index is 0.186. The third-order valence-corrected chi connectivity index (χ3v) is 4.84. The second-order valence-corrected chi connectivity index (χ2v) is 6.09. The van der Waals surface area contributed by atoms with Gasteiger partial charge in [0.05, 0.1) is 13.2 Å². The molecule has 0 spiro atoms. The lowest BCUT2D eigenvalue weighted by atomic mass is 9.90. The Morgan fingerprint density at radius 1 is 1.24 bits per heavy atom. The molecule has 0 radical (unpaired) electrons. The average Bonchev–Trinajstić information content (AvgIpc) is 2.56. The van der Waals surface area contributed by atoms with Crippen LogP contribution in [0.4, 0.5) is 0 Å². The van der Waals surface area contributed by atoms with Gasteiger partial charge in [-0.1, -0.05) is 32.4 Å². The number of nitrogens with zero attached hydrogens (tertiary/aromatic N) is 1. The molecule has 0 aromatic heterocycles. The molecule has 118 valence electrons. The third-order valence-electron chi connectivity index (χ3n) is 4.84. The second kappa shape index (κ2) is 7.81. The molecule has 1 fully saturated rings. The van der Waals surface area contributed by atoms with E-state index in [0.29, 0.717) is 12.1 Å². The number of benzene rings is 1. The van der Waals surface area contributed by atoms with E-state index < -0.39 is 0 Å². The van der Waals surface area contributed by atoms with Crippen molar-refractivity contribution in [2.45, 2.75) is 64.1 Å². The van der Waals surface area contributed by atoms with Crippen LogP contribution in [0.1, 0.15) is 57.6 Å². The van der Waals surface area contributed by atoms with E-state index in [0.717, 1.165) is 12.2 Å². The van der Waals surface area contributed by atoms with Crippen molar-refractivity contribution in [1.82, 2.24) is 4.90 Å². The number of hydrogen-bond donors (Lipinski definition) is 1. The Kier molecular flexibility index (Phi) is 6.07. The molecule has 3 heteroatoms. The highest BCUT2D eigenvalue weighted by atomic mass is 16.5. The molecule has 2 N–H and O–H groups in total. The van der Waals surface area contributed by atoms with E-state index in [-0.39, 0.29) is 6.04 Å². The molecule has 0 aliphatic carbocycles. The molecule has 0 amide bonds. The van der Waals surface area contributed by atoms with E-state index in [1.54, 1.807) is 7.11 Å². The maximum absolute atomic E-state index is 6.49. The van der Waals surface area contributed by atoms with Gasteiger partial charge in [-0.25, -0.2) is 0 Å². The monoisotopic (exact) mass is 290 g/mol. The highest BCUT2D eigenvalue weighted by molar-refractivity contribution is 5.30. The highest BCUT2D eigenvalue weighted by Crippen LogP contribution is 2.33. The Bertz CT molecular complexity index is 418. The maximum Gasteiger partial charge on any atom is 0.118 e. The molecule has 3 atom stereocenters. The van der Waals surface area contributed by atoms with Crippen molar-refractivity contribution >= 4 is 0 Å². The van der Waals surface area contributed by atoms with Crippen molar-refractivity contribution in [3.05, 3.63) is 29.8 Å². The number of rotatable bonds is 6. The number of methoxy groups -OCH3 is 1. The molecule has 3 unspecified atom stereocenters. The fourth-order valence-corrected chi connectivity index (χ4v) is 3.54. The SMILES string of the molecule is CCC(N)C(c1ccc(OC)cc1)N1CCCCC1CC. The zero-order valence-corrected chi connectivity index (χ0v) is 13.7. The smallest absolute Gasteiger partial charge is 0.118 e. The van der Waals surface area contributed by atoms with E-state index in [1.807, 2.05) is 0 Å². The Hall–Kier alpha value is -1.06. The quantitative estimate of drug-likeness (QED) is 0.867. The normalized spacial score (nSPS) is 22.8. The second-order valence-electron chi connectivity index (χ2n) is 6.09. The molecular formula is C18H30N2O. The lowest BCUT2D eigenvalue weighted by Crippen LogP contribution is -2.48. The Balaban J connectivity index is 2.27. The first-order chi connectivity index (χ1) is 10.2. The summed E-state index contributed by atoms with van der Waals surface area (Å²) in [5.41, 5.74) is 7.82. The Morgan fingerprint density at radius 3 is 2.52 bits per heavy atom. The summed E-state index contributed by atoms with van der Waals surface area (Å²) in [5, 5.41) is 0. The maximum atomic E-state index is 6.49. The molecule has 0 saturated carbocycles. The van der Waals surface area contributed by atoms with Crippen molar-refractivity contribution in [3.63, 3.8) is 0 Å². The van der Waals surface area contributed by atoms with Gasteiger partial charge in [0.2, 0.25) is 0 Å². The summed E-state index contributed by atoms with van der Waals surface area (Å²) in [6.07, 6.45) is 6.16. The minimum Gasteiger partial charge on any atom is -0.497 e. The first-order valence-electron chi connectivity index (χ1n) is 8.36. The van der Waals surface area contributed by atoms with Crippen molar-refractivity contribution < 1.29 is 4.74 Å². The van der Waals surface area contributed by atoms with Crippen LogP contribution in [0.3, 0.4) is 0 Å². The topological polar surface area (TPSA) is 38.5 Å². The highest BCUT2D eigenvalue weighted by Gasteiger charge is 2.31. The van der Waals surface area contributed by atoms with Crippen LogP contribution in [-0.4, -0.2) is 30.6 Å². The van der Waals surface area contributed by atoms with Crippen LogP contribution >= 0.6 is 0 Å². The fraction of sp³-hybridized carbons (Fsp3) is 0.667. The lowest BCUT2D eigenvalue weighted by molar-refractivity contribution is 0.0757. The van der Waals surface area contributed by atoms with E-state index >= 15 is 0 Å². The summed E-state index contributed by atoms with van der Waals surface area (Å²) in [6.45, 7) is 5.65. The van der Waals surface area contributed by atoms with E-state index in [1.165, 1.54) is 37.8 Å². The standard InChI is InChI=1S/C18H30N2O/c1-4-15-8-6-7-13-20(15)18(17(19)5-2)14-9-11-16(21-3)12-10-14/h9-12,15,17-18H,4-8,13,19H2,1-3H3. The zero-order chi connectivity index (χ0) is 15.2. The van der Waals surface area contributed by atoms with Crippen LogP contribution in [0.25, 0.3) is 0 Å². The third kappa shape index (κ3) is 3.78. The van der Waals surface area contributed by atoms with Crippen molar-refractivity contribution in [3.8, 4) is 5.75 Å². The predicted molar refractivity (Wildman–Crippen MR) is 88.6 cm³/mol. The van der Waals surface area contributed by atoms with Gasteiger partial charge in [0.25, 0.3) is 0 Å². The molecule has 21 heavy (non-hydrogen) atoms. The summed E-state index contributed by atoms with van der Waals surface area (Å²) >= 11 is 0. The predicted octanol–water partition coefficient (Wildman–Crippen LogP) is 3.74. The van der Waals surface area contributed by atoms with Gasteiger partial charge < -0.3 is 10.5 Å². The summed E-state index contributed by atoms with van der Waals surface area (Å²) < 4.78 is 5.28. The van der Waals surface area contributed by atoms with Gasteiger partial charge in [0.15, 0.2) is 0 Å². The first-order valence-corrected chi connectivity index (χ1v) is 8.36. The van der Waals surface area contributed by atoms with Gasteiger partial charge in [-0.15, -0.1) is 0 Å². The Morgan fingerprint density at radius 2 is 1.95 bits per heavy atom. The average molecular weight is 290 g/mol. The molecule has 1 heterocycles. The number of nitrogens with two attached hydrogens (primary N) is 1. The molecule has 1 saturated heterocycles. The number of ether oxygens (including phenoxy) is 1. The van der Waals surface area contributed by atoms with Crippen LogP contribution in [0, 0.1) is 0 Å². The van der Waals surface area contributed by atoms with Crippen LogP contribution in [0.2, 0.25) is 0 Å². The van der Waals surface area contributed by atoms with Gasteiger partial charge >= 0.3 is 0 Å². The van der Waals surface area contributed by atoms with Crippen LogP contribution in [0.15, 0.2) is 24.3 Å². The van der Waals surface area contributed by atoms with Gasteiger partial charge in [-0.2, -0.15) is 0 Å². The number of likely N-dealkylation sites (tertiary alicyclic amines) is 1. The van der Waals surface area contributed by atoms with Crippen molar-refractivity contribution in [2.24, 2.45) is 5.73 Å². The molecule has 1 aliphatic rings. The van der Waals surface area contributed by atoms with E-state index in [9.17, 15) is 0 Å². The molecule has 1 aromatic carbocycles. The molecule has 1 aromatic rings. The number of piperidine rings is 1. The summed E-state index contributed by atoms with van der Waals surface area (Å²) in [7, 11) is 1.71. The molecule has 3 nitrogen and oxygen atoms in total. The van der Waals surface area contributed by atoms with Crippen molar-refractivity contribution in [2.75, 3.05) is 13.7 Å². The summed E-state index contributed by atoms with van der Waals surface area (Å²) in [5.74, 6) is 0.910. The molecule has 1 aliphatic heterocycles. The van der Waals surface area contributed by atoms with Gasteiger partial charge in [0.1, 0.15) is 5.75 Å². The van der Waals surface area contributed by atoms with Gasteiger partial charge in [-0.05, 0) is 49.9 Å². The zero-order valence-electron chi connectivity index (χ0n) is 13.7. The van der Waals surface area contributed by atoms with Gasteiger partial charge in [-0.3, -0.25) is 4.90 Å². The van der Waals surface area contributed by atoms with Gasteiger partial charge in [0, 0.05) is 12.1 Å². The van der Waals surface area contributed by atoms with Crippen LogP contribution in [0.5, 0.6) is 5.75 Å². The molecule has 0 bridgehead atoms. The van der Waals surface area contributed by atoms with E-state index in [4.69, 9.17) is 10.5 Å². The molecular weight excluding hydrogens is 260 g/mol. The van der Waals surface area contributed by atoms with Crippen LogP contribution < -0.4 is 10.5 Å². The first kappa shape index (κ1) is 16.3. The largest absolute Gasteiger partial charge is 0.497 e. The van der Waals surface area contributed by atoms with E-state index in [2.05, 4.69) is 43.0 Å². The lowest BCUT2D eigenvalue weighted by Gasteiger charge is -2.43. The summed E-state index contributed by atoms with van der Waals surface area (Å²) in [6, 6.07) is 9.64. The van der Waals surface area contributed by atoms with Crippen molar-refractivity contribution in [1.29, 1.82) is 0 Å². The summed E-state index contributed by atoms with van der Waals surface area (Å²) in [4.78, 5) is 2.65. The number of hydrogen-bond acceptors (Lipinski definition) is 3. The minimum absolute atomic E-state index is 0.186. The molecule has 2 rings (SSSR count). The fourth-order valence-electron chi connectivity index (χ4n) is 3.54. The van der Waals surface area contributed by atoms with Crippen LogP contribution in [-0.2, 0) is 0 Å².